The molecule has 0 saturated heterocycles. The molecule has 0 saturated carbocycles. The van der Waals surface area contributed by atoms with Crippen LogP contribution < -0.4 is 18.9 Å². The molecule has 12 nitrogen and oxygen atoms in total. The Morgan fingerprint density at radius 2 is 1.15 bits per heavy atom. The summed E-state index contributed by atoms with van der Waals surface area (Å²) in [5.41, 5.74) is 3.75. The third-order valence-electron chi connectivity index (χ3n) is 7.26. The molecule has 2 heterocycles. The van der Waals surface area contributed by atoms with E-state index in [1.54, 1.807) is 0 Å². The van der Waals surface area contributed by atoms with Crippen LogP contribution in [0.2, 0.25) is 0 Å². The number of benzene rings is 4. The van der Waals surface area contributed by atoms with Gasteiger partial charge in [-0.1, -0.05) is 19.2 Å². The third-order valence-corrected chi connectivity index (χ3v) is 9.47. The van der Waals surface area contributed by atoms with Crippen molar-refractivity contribution >= 4 is 67.0 Å². The lowest BCUT2D eigenvalue weighted by molar-refractivity contribution is -0.145. The summed E-state index contributed by atoms with van der Waals surface area (Å²) >= 11 is 2.73. The number of hydrogen-bond donors (Lipinski definition) is 0. The molecule has 2 aromatic heterocycles. The Kier molecular flexibility index (Phi) is 10.7. The Hall–Kier alpha value is -6.38. The normalized spacial score (nSPS) is 10.7. The number of esters is 4. The fourth-order valence-electron chi connectivity index (χ4n) is 4.80. The van der Waals surface area contributed by atoms with Crippen LogP contribution in [-0.2, 0) is 19.1 Å². The maximum absolute atomic E-state index is 13.3. The maximum Gasteiger partial charge on any atom is 0.343 e. The average molecular weight is 737 g/mol. The Balaban J connectivity index is 1.26. The first-order chi connectivity index (χ1) is 25.1. The van der Waals surface area contributed by atoms with Crippen LogP contribution in [0.25, 0.3) is 30.4 Å². The molecule has 0 aliphatic heterocycles. The molecule has 0 aliphatic rings. The Morgan fingerprint density at radius 3 is 1.71 bits per heavy atom. The molecule has 0 atom stereocenters. The van der Waals surface area contributed by atoms with E-state index in [2.05, 4.69) is 25.3 Å². The van der Waals surface area contributed by atoms with E-state index in [9.17, 15) is 19.2 Å². The van der Waals surface area contributed by atoms with Crippen LogP contribution in [-0.4, -0.2) is 47.4 Å². The molecule has 14 heteroatoms. The largest absolute Gasteiger partial charge is 0.457 e. The summed E-state index contributed by atoms with van der Waals surface area (Å²) in [4.78, 5) is 58.7. The number of aromatic nitrogens is 2. The molecule has 0 amide bonds. The van der Waals surface area contributed by atoms with Gasteiger partial charge in [0, 0.05) is 12.2 Å². The van der Waals surface area contributed by atoms with Crippen LogP contribution >= 0.6 is 22.7 Å². The van der Waals surface area contributed by atoms with Gasteiger partial charge in [-0.3, -0.25) is 0 Å². The van der Waals surface area contributed by atoms with Crippen molar-refractivity contribution in [1.29, 1.82) is 0 Å². The lowest BCUT2D eigenvalue weighted by Crippen LogP contribution is -2.11. The molecule has 52 heavy (non-hydrogen) atoms. The second-order valence-electron chi connectivity index (χ2n) is 10.9. The van der Waals surface area contributed by atoms with Crippen LogP contribution in [0.1, 0.15) is 31.8 Å². The zero-order valence-electron chi connectivity index (χ0n) is 27.7. The lowest BCUT2D eigenvalue weighted by Gasteiger charge is -2.10. The lowest BCUT2D eigenvalue weighted by atomic mass is 10.1. The van der Waals surface area contributed by atoms with Gasteiger partial charge < -0.3 is 28.4 Å². The molecule has 6 aromatic rings. The highest BCUT2D eigenvalue weighted by atomic mass is 32.1. The molecule has 0 radical (unpaired) electrons. The predicted octanol–water partition coefficient (Wildman–Crippen LogP) is 7.76. The highest BCUT2D eigenvalue weighted by Gasteiger charge is 2.22. The molecule has 0 aliphatic carbocycles. The molecular weight excluding hydrogens is 709 g/mol. The summed E-state index contributed by atoms with van der Waals surface area (Å²) in [6, 6.07) is 19.3. The van der Waals surface area contributed by atoms with Gasteiger partial charge in [-0.15, -0.1) is 22.7 Å². The third kappa shape index (κ3) is 8.15. The molecule has 0 N–H and O–H groups in total. The summed E-state index contributed by atoms with van der Waals surface area (Å²) < 4.78 is 33.4. The summed E-state index contributed by atoms with van der Waals surface area (Å²) in [7, 11) is 0. The molecule has 6 rings (SSSR count). The SMILES string of the molecule is C=CC(=O)OCOc1ccc(C(=O)Oc2ccc(OC(=O)c3ccc(OCOC(=O)C=C)cc3)c3sc(-c4nc5c(C)cc(C)cc5s4)nc23)cc1. The van der Waals surface area contributed by atoms with Crippen LogP contribution in [0, 0.1) is 13.8 Å². The standard InChI is InChI=1S/C38H28N2O10S2/c1-5-30(41)47-19-45-25-11-7-23(8-12-25)37(43)49-27-15-16-28(50-38(44)24-9-13-26(14-10-24)46-20-48-31(42)6-2)34-33(27)40-36(52-34)35-39-32-22(4)17-21(3)18-29(32)51-35/h5-18H,1-2,19-20H2,3-4H3. The second-order valence-corrected chi connectivity index (χ2v) is 12.9. The average Bonchev–Trinajstić information content (AvgIpc) is 3.79. The summed E-state index contributed by atoms with van der Waals surface area (Å²) in [5, 5.41) is 1.20. The topological polar surface area (TPSA) is 149 Å². The molecule has 0 bridgehead atoms. The van der Waals surface area contributed by atoms with E-state index in [1.165, 1.54) is 83.3 Å². The van der Waals surface area contributed by atoms with Crippen molar-refractivity contribution in [3.8, 4) is 33.0 Å². The summed E-state index contributed by atoms with van der Waals surface area (Å²) in [5.74, 6) is -1.50. The second kappa shape index (κ2) is 15.7. The molecule has 262 valence electrons. The monoisotopic (exact) mass is 736 g/mol. The van der Waals surface area contributed by atoms with E-state index >= 15 is 0 Å². The Labute approximate surface area is 304 Å². The van der Waals surface area contributed by atoms with Crippen LogP contribution in [0.4, 0.5) is 0 Å². The van der Waals surface area contributed by atoms with E-state index in [0.717, 1.165) is 33.5 Å². The van der Waals surface area contributed by atoms with Gasteiger partial charge >= 0.3 is 23.9 Å². The molecule has 4 aromatic carbocycles. The number of carbonyl (C=O) groups is 4. The van der Waals surface area contributed by atoms with E-state index in [1.807, 2.05) is 13.8 Å². The zero-order chi connectivity index (χ0) is 36.8. The van der Waals surface area contributed by atoms with Crippen molar-refractivity contribution in [3.63, 3.8) is 0 Å². The number of rotatable bonds is 13. The van der Waals surface area contributed by atoms with E-state index in [-0.39, 0.29) is 36.2 Å². The zero-order valence-corrected chi connectivity index (χ0v) is 29.3. The van der Waals surface area contributed by atoms with Gasteiger partial charge in [-0.25, -0.2) is 29.1 Å². The number of carbonyl (C=O) groups excluding carboxylic acids is 4. The maximum atomic E-state index is 13.3. The highest BCUT2D eigenvalue weighted by Crippen LogP contribution is 2.43. The molecule has 0 fully saturated rings. The Bertz CT molecular complexity index is 2220. The molecule has 0 unspecified atom stereocenters. The van der Waals surface area contributed by atoms with Crippen LogP contribution in [0.3, 0.4) is 0 Å². The molecule has 0 spiro atoms. The fourth-order valence-corrected chi connectivity index (χ4v) is 6.99. The number of ether oxygens (including phenoxy) is 6. The predicted molar refractivity (Wildman–Crippen MR) is 194 cm³/mol. The van der Waals surface area contributed by atoms with Crippen molar-refractivity contribution in [2.75, 3.05) is 13.6 Å². The van der Waals surface area contributed by atoms with Crippen LogP contribution in [0.15, 0.2) is 98.1 Å². The van der Waals surface area contributed by atoms with Gasteiger partial charge in [0.1, 0.15) is 21.7 Å². The van der Waals surface area contributed by atoms with Gasteiger partial charge in [-0.05, 0) is 91.7 Å². The van der Waals surface area contributed by atoms with E-state index in [0.29, 0.717) is 31.7 Å². The van der Waals surface area contributed by atoms with Crippen molar-refractivity contribution in [3.05, 3.63) is 120 Å². The number of hydrogen-bond acceptors (Lipinski definition) is 14. The first-order valence-corrected chi connectivity index (χ1v) is 17.1. The number of thiazole rings is 2. The Morgan fingerprint density at radius 1 is 0.654 bits per heavy atom. The minimum atomic E-state index is -0.669. The van der Waals surface area contributed by atoms with Gasteiger partial charge in [-0.2, -0.15) is 0 Å². The minimum Gasteiger partial charge on any atom is -0.457 e. The van der Waals surface area contributed by atoms with Crippen LogP contribution in [0.5, 0.6) is 23.0 Å². The number of fused-ring (bicyclic) bond motifs is 2. The summed E-state index contributed by atoms with van der Waals surface area (Å²) in [6.07, 6.45) is 2.04. The first kappa shape index (κ1) is 35.4. The first-order valence-electron chi connectivity index (χ1n) is 15.4. The quantitative estimate of drug-likeness (QED) is 0.0494. The number of nitrogens with zero attached hydrogens (tertiary/aromatic N) is 2. The summed E-state index contributed by atoms with van der Waals surface area (Å²) in [6.45, 7) is 10.0. The van der Waals surface area contributed by atoms with E-state index < -0.39 is 23.9 Å². The van der Waals surface area contributed by atoms with Gasteiger partial charge in [0.05, 0.1) is 21.3 Å². The highest BCUT2D eigenvalue weighted by molar-refractivity contribution is 7.28. The smallest absolute Gasteiger partial charge is 0.343 e. The minimum absolute atomic E-state index is 0.144. The van der Waals surface area contributed by atoms with Crippen molar-refractivity contribution in [2.24, 2.45) is 0 Å². The van der Waals surface area contributed by atoms with Gasteiger partial charge in [0.2, 0.25) is 13.6 Å². The van der Waals surface area contributed by atoms with Crippen molar-refractivity contribution in [2.45, 2.75) is 13.8 Å². The van der Waals surface area contributed by atoms with E-state index in [4.69, 9.17) is 38.4 Å². The van der Waals surface area contributed by atoms with Crippen molar-refractivity contribution in [1.82, 2.24) is 9.97 Å². The number of aryl methyl sites for hydroxylation is 2. The van der Waals surface area contributed by atoms with Gasteiger partial charge in [0.25, 0.3) is 0 Å². The fraction of sp³-hybridized carbons (Fsp3) is 0.105. The van der Waals surface area contributed by atoms with Gasteiger partial charge in [0.15, 0.2) is 21.5 Å². The molecular formula is C38H28N2O10S2. The van der Waals surface area contributed by atoms with Crippen molar-refractivity contribution < 1.29 is 47.6 Å².